The lowest BCUT2D eigenvalue weighted by Gasteiger charge is -2.29. The Balaban J connectivity index is 2.20. The summed E-state index contributed by atoms with van der Waals surface area (Å²) in [6.45, 7) is 5.96. The van der Waals surface area contributed by atoms with Gasteiger partial charge in [-0.3, -0.25) is 9.59 Å². The van der Waals surface area contributed by atoms with Gasteiger partial charge in [0.2, 0.25) is 11.8 Å². The van der Waals surface area contributed by atoms with E-state index in [2.05, 4.69) is 5.32 Å². The monoisotopic (exact) mass is 420 g/mol. The maximum Gasteiger partial charge on any atom is 0.242 e. The maximum atomic E-state index is 13.1. The minimum Gasteiger partial charge on any atom is -0.352 e. The Morgan fingerprint density at radius 2 is 1.57 bits per heavy atom. The van der Waals surface area contributed by atoms with Crippen LogP contribution in [0.4, 0.5) is 0 Å². The molecule has 0 bridgehead atoms. The average Bonchev–Trinajstić information content (AvgIpc) is 2.65. The van der Waals surface area contributed by atoms with Crippen LogP contribution in [0.3, 0.4) is 0 Å². The van der Waals surface area contributed by atoms with Crippen LogP contribution >= 0.6 is 23.2 Å². The highest BCUT2D eigenvalue weighted by Crippen LogP contribution is 2.25. The van der Waals surface area contributed by atoms with Crippen LogP contribution in [-0.2, 0) is 22.4 Å². The van der Waals surface area contributed by atoms with Gasteiger partial charge in [-0.1, -0.05) is 59.6 Å². The Morgan fingerprint density at radius 1 is 0.964 bits per heavy atom. The molecule has 0 aliphatic carbocycles. The third-order valence-corrected chi connectivity index (χ3v) is 5.18. The largest absolute Gasteiger partial charge is 0.352 e. The molecule has 2 aromatic carbocycles. The highest BCUT2D eigenvalue weighted by molar-refractivity contribution is 6.36. The lowest BCUT2D eigenvalue weighted by molar-refractivity contribution is -0.139. The molecular formula is C22H26Cl2N2O2. The molecule has 1 N–H and O–H groups in total. The highest BCUT2D eigenvalue weighted by atomic mass is 35.5. The predicted octanol–water partition coefficient (Wildman–Crippen LogP) is 4.52. The minimum absolute atomic E-state index is 0.000891. The summed E-state index contributed by atoms with van der Waals surface area (Å²) in [5.41, 5.74) is 1.68. The molecule has 0 fully saturated rings. The first-order valence-electron chi connectivity index (χ1n) is 9.36. The molecule has 4 nitrogen and oxygen atoms in total. The predicted molar refractivity (Wildman–Crippen MR) is 115 cm³/mol. The average molecular weight is 421 g/mol. The van der Waals surface area contributed by atoms with Gasteiger partial charge >= 0.3 is 0 Å². The van der Waals surface area contributed by atoms with E-state index in [1.54, 1.807) is 30.0 Å². The Labute approximate surface area is 176 Å². The fourth-order valence-corrected chi connectivity index (χ4v) is 3.46. The third kappa shape index (κ3) is 6.25. The van der Waals surface area contributed by atoms with Crippen molar-refractivity contribution in [1.29, 1.82) is 0 Å². The first kappa shape index (κ1) is 22.3. The maximum absolute atomic E-state index is 13.1. The van der Waals surface area contributed by atoms with E-state index in [0.29, 0.717) is 28.6 Å². The van der Waals surface area contributed by atoms with Gasteiger partial charge in [-0.2, -0.15) is 0 Å². The van der Waals surface area contributed by atoms with Gasteiger partial charge in [0.05, 0.1) is 6.42 Å². The standard InChI is InChI=1S/C22H26Cl2N2O2/c1-15(2)25-22(28)16(3)26(13-12-17-8-5-4-6-9-17)21(27)14-18-19(23)10-7-11-20(18)24/h4-11,15-16H,12-14H2,1-3H3,(H,25,28). The van der Waals surface area contributed by atoms with Crippen molar-refractivity contribution in [3.05, 3.63) is 69.7 Å². The van der Waals surface area contributed by atoms with Crippen LogP contribution in [0.25, 0.3) is 0 Å². The molecule has 6 heteroatoms. The molecule has 1 unspecified atom stereocenters. The third-order valence-electron chi connectivity index (χ3n) is 4.47. The molecule has 2 rings (SSSR count). The zero-order chi connectivity index (χ0) is 20.7. The molecule has 0 radical (unpaired) electrons. The van der Waals surface area contributed by atoms with E-state index in [1.807, 2.05) is 44.2 Å². The molecule has 150 valence electrons. The Hall–Kier alpha value is -2.04. The van der Waals surface area contributed by atoms with Gasteiger partial charge in [0.15, 0.2) is 0 Å². The van der Waals surface area contributed by atoms with Crippen molar-refractivity contribution in [3.63, 3.8) is 0 Å². The molecule has 2 amide bonds. The quantitative estimate of drug-likeness (QED) is 0.682. The van der Waals surface area contributed by atoms with Crippen LogP contribution in [0.2, 0.25) is 10.0 Å². The van der Waals surface area contributed by atoms with Crippen molar-refractivity contribution in [3.8, 4) is 0 Å². The zero-order valence-electron chi connectivity index (χ0n) is 16.4. The number of halogens is 2. The Kier molecular flexibility index (Phi) is 8.34. The van der Waals surface area contributed by atoms with E-state index in [0.717, 1.165) is 5.56 Å². The zero-order valence-corrected chi connectivity index (χ0v) is 17.9. The number of hydrogen-bond acceptors (Lipinski definition) is 2. The van der Waals surface area contributed by atoms with Crippen molar-refractivity contribution in [1.82, 2.24) is 10.2 Å². The van der Waals surface area contributed by atoms with Crippen molar-refractivity contribution < 1.29 is 9.59 Å². The van der Waals surface area contributed by atoms with E-state index < -0.39 is 6.04 Å². The molecule has 0 heterocycles. The Morgan fingerprint density at radius 3 is 2.14 bits per heavy atom. The van der Waals surface area contributed by atoms with E-state index in [-0.39, 0.29) is 24.3 Å². The Bertz CT molecular complexity index is 789. The molecule has 0 spiro atoms. The topological polar surface area (TPSA) is 49.4 Å². The fourth-order valence-electron chi connectivity index (χ4n) is 2.93. The molecule has 0 aliphatic heterocycles. The summed E-state index contributed by atoms with van der Waals surface area (Å²) < 4.78 is 0. The van der Waals surface area contributed by atoms with Gasteiger partial charge in [-0.25, -0.2) is 0 Å². The normalized spacial score (nSPS) is 11.9. The molecular weight excluding hydrogens is 395 g/mol. The van der Waals surface area contributed by atoms with Crippen LogP contribution < -0.4 is 5.32 Å². The summed E-state index contributed by atoms with van der Waals surface area (Å²) in [7, 11) is 0. The summed E-state index contributed by atoms with van der Waals surface area (Å²) in [4.78, 5) is 27.2. The van der Waals surface area contributed by atoms with Gasteiger partial charge in [0.1, 0.15) is 6.04 Å². The lowest BCUT2D eigenvalue weighted by Crippen LogP contribution is -2.50. The van der Waals surface area contributed by atoms with E-state index in [1.165, 1.54) is 0 Å². The van der Waals surface area contributed by atoms with Gasteiger partial charge < -0.3 is 10.2 Å². The summed E-state index contributed by atoms with van der Waals surface area (Å²) in [6, 6.07) is 14.4. The van der Waals surface area contributed by atoms with E-state index >= 15 is 0 Å². The second-order valence-electron chi connectivity index (χ2n) is 7.04. The second kappa shape index (κ2) is 10.5. The highest BCUT2D eigenvalue weighted by Gasteiger charge is 2.27. The number of carbonyl (C=O) groups is 2. The molecule has 1 atom stereocenters. The second-order valence-corrected chi connectivity index (χ2v) is 7.85. The van der Waals surface area contributed by atoms with Crippen LogP contribution in [0.1, 0.15) is 31.9 Å². The molecule has 0 aliphatic rings. The number of carbonyl (C=O) groups excluding carboxylic acids is 2. The number of rotatable bonds is 8. The molecule has 2 aromatic rings. The summed E-state index contributed by atoms with van der Waals surface area (Å²) in [5, 5.41) is 3.77. The van der Waals surface area contributed by atoms with Crippen LogP contribution in [0.5, 0.6) is 0 Å². The van der Waals surface area contributed by atoms with Crippen LogP contribution in [-0.4, -0.2) is 35.3 Å². The number of nitrogens with one attached hydrogen (secondary N) is 1. The summed E-state index contributed by atoms with van der Waals surface area (Å²) in [6.07, 6.45) is 0.703. The van der Waals surface area contributed by atoms with Gasteiger partial charge in [-0.05, 0) is 50.5 Å². The molecule has 0 saturated carbocycles. The van der Waals surface area contributed by atoms with Gasteiger partial charge in [0.25, 0.3) is 0 Å². The minimum atomic E-state index is -0.597. The summed E-state index contributed by atoms with van der Waals surface area (Å²) in [5.74, 6) is -0.362. The van der Waals surface area contributed by atoms with E-state index in [9.17, 15) is 9.59 Å². The smallest absolute Gasteiger partial charge is 0.242 e. The molecule has 0 aromatic heterocycles. The number of benzene rings is 2. The van der Waals surface area contributed by atoms with Crippen molar-refractivity contribution in [2.24, 2.45) is 0 Å². The fraction of sp³-hybridized carbons (Fsp3) is 0.364. The first-order chi connectivity index (χ1) is 13.3. The van der Waals surface area contributed by atoms with Crippen molar-refractivity contribution in [2.45, 2.75) is 45.7 Å². The number of nitrogens with zero attached hydrogens (tertiary/aromatic N) is 1. The van der Waals surface area contributed by atoms with Gasteiger partial charge in [-0.15, -0.1) is 0 Å². The van der Waals surface area contributed by atoms with Crippen LogP contribution in [0.15, 0.2) is 48.5 Å². The van der Waals surface area contributed by atoms with Crippen LogP contribution in [0, 0.1) is 0 Å². The van der Waals surface area contributed by atoms with Crippen molar-refractivity contribution >= 4 is 35.0 Å². The number of hydrogen-bond donors (Lipinski definition) is 1. The lowest BCUT2D eigenvalue weighted by atomic mass is 10.1. The SMILES string of the molecule is CC(C)NC(=O)C(C)N(CCc1ccccc1)C(=O)Cc1c(Cl)cccc1Cl. The van der Waals surface area contributed by atoms with E-state index in [4.69, 9.17) is 23.2 Å². The first-order valence-corrected chi connectivity index (χ1v) is 10.1. The number of amides is 2. The van der Waals surface area contributed by atoms with Gasteiger partial charge in [0, 0.05) is 22.6 Å². The summed E-state index contributed by atoms with van der Waals surface area (Å²) >= 11 is 12.5. The van der Waals surface area contributed by atoms with Crippen molar-refractivity contribution in [2.75, 3.05) is 6.54 Å². The molecule has 0 saturated heterocycles. The molecule has 28 heavy (non-hydrogen) atoms.